The SMILES string of the molecule is COc1cc(C2(NC(C)=O)CCN(C(=O)Cn3nc(C(F)(F)F)c(Cl)c3C)CC2)ccc1Cl. The van der Waals surface area contributed by atoms with Crippen LogP contribution in [-0.4, -0.2) is 46.7 Å². The van der Waals surface area contributed by atoms with Crippen LogP contribution in [0.3, 0.4) is 0 Å². The number of likely N-dealkylation sites (tertiary alicyclic amines) is 1. The first-order chi connectivity index (χ1) is 15.4. The van der Waals surface area contributed by atoms with Crippen LogP contribution < -0.4 is 10.1 Å². The molecule has 0 radical (unpaired) electrons. The Morgan fingerprint density at radius 3 is 2.39 bits per heavy atom. The summed E-state index contributed by atoms with van der Waals surface area (Å²) in [6.45, 7) is 2.98. The van der Waals surface area contributed by atoms with Crippen LogP contribution in [0.1, 0.15) is 36.7 Å². The Balaban J connectivity index is 1.78. The van der Waals surface area contributed by atoms with Gasteiger partial charge in [0.05, 0.1) is 28.4 Å². The van der Waals surface area contributed by atoms with Crippen LogP contribution in [0.25, 0.3) is 0 Å². The third kappa shape index (κ3) is 5.22. The molecule has 1 aromatic carbocycles. The zero-order valence-corrected chi connectivity index (χ0v) is 19.7. The standard InChI is InChI=1S/C21H23Cl2F3N4O3/c1-12-18(23)19(21(24,25)26)28-30(12)11-17(32)29-8-6-20(7-9-29,27-13(2)31)14-4-5-15(22)16(10-14)33-3/h4-5,10H,6-9,11H2,1-3H3,(H,27,31). The fourth-order valence-corrected chi connectivity index (χ4v) is 4.44. The maximum atomic E-state index is 13.1. The maximum Gasteiger partial charge on any atom is 0.436 e. The summed E-state index contributed by atoms with van der Waals surface area (Å²) >= 11 is 11.9. The number of ether oxygens (including phenoxy) is 1. The number of hydrogen-bond donors (Lipinski definition) is 1. The summed E-state index contributed by atoms with van der Waals surface area (Å²) in [5.41, 5.74) is -1.10. The first-order valence-corrected chi connectivity index (χ1v) is 10.8. The van der Waals surface area contributed by atoms with Crippen LogP contribution in [0.4, 0.5) is 13.2 Å². The molecule has 1 fully saturated rings. The van der Waals surface area contributed by atoms with Gasteiger partial charge in [-0.25, -0.2) is 0 Å². The molecular weight excluding hydrogens is 484 g/mol. The van der Waals surface area contributed by atoms with E-state index in [1.807, 2.05) is 0 Å². The Kier molecular flexibility index (Phi) is 7.18. The van der Waals surface area contributed by atoms with Gasteiger partial charge in [-0.2, -0.15) is 18.3 Å². The van der Waals surface area contributed by atoms with Gasteiger partial charge in [-0.1, -0.05) is 29.3 Å². The van der Waals surface area contributed by atoms with Gasteiger partial charge < -0.3 is 15.0 Å². The molecular formula is C21H23Cl2F3N4O3. The van der Waals surface area contributed by atoms with Crippen molar-refractivity contribution in [2.24, 2.45) is 0 Å². The quantitative estimate of drug-likeness (QED) is 0.659. The molecule has 0 spiro atoms. The van der Waals surface area contributed by atoms with Crippen molar-refractivity contribution in [2.45, 2.75) is 44.9 Å². The van der Waals surface area contributed by atoms with Gasteiger partial charge in [-0.05, 0) is 37.5 Å². The van der Waals surface area contributed by atoms with Gasteiger partial charge >= 0.3 is 6.18 Å². The van der Waals surface area contributed by atoms with E-state index in [9.17, 15) is 22.8 Å². The lowest BCUT2D eigenvalue weighted by atomic mass is 9.80. The largest absolute Gasteiger partial charge is 0.495 e. The summed E-state index contributed by atoms with van der Waals surface area (Å²) < 4.78 is 45.4. The van der Waals surface area contributed by atoms with E-state index in [0.29, 0.717) is 23.6 Å². The lowest BCUT2D eigenvalue weighted by molar-refractivity contribution is -0.142. The second-order valence-corrected chi connectivity index (χ2v) is 8.68. The number of nitrogens with zero attached hydrogens (tertiary/aromatic N) is 3. The number of aromatic nitrogens is 2. The van der Waals surface area contributed by atoms with E-state index in [0.717, 1.165) is 10.2 Å². The number of rotatable bonds is 5. The monoisotopic (exact) mass is 506 g/mol. The van der Waals surface area contributed by atoms with Crippen LogP contribution in [0.15, 0.2) is 18.2 Å². The predicted octanol–water partition coefficient (Wildman–Crippen LogP) is 4.18. The molecule has 2 heterocycles. The number of alkyl halides is 3. The van der Waals surface area contributed by atoms with Gasteiger partial charge in [0, 0.05) is 20.0 Å². The molecule has 7 nitrogen and oxygen atoms in total. The fourth-order valence-electron chi connectivity index (χ4n) is 4.01. The Bertz CT molecular complexity index is 1060. The van der Waals surface area contributed by atoms with Crippen LogP contribution in [-0.2, 0) is 27.8 Å². The van der Waals surface area contributed by atoms with E-state index in [-0.39, 0.29) is 31.2 Å². The molecule has 0 bridgehead atoms. The molecule has 1 aliphatic rings. The second kappa shape index (κ2) is 9.42. The topological polar surface area (TPSA) is 76.5 Å². The van der Waals surface area contributed by atoms with Crippen molar-refractivity contribution in [1.29, 1.82) is 0 Å². The predicted molar refractivity (Wildman–Crippen MR) is 116 cm³/mol. The molecule has 2 aromatic rings. The Morgan fingerprint density at radius 1 is 1.24 bits per heavy atom. The molecule has 180 valence electrons. The average molecular weight is 507 g/mol. The van der Waals surface area contributed by atoms with Gasteiger partial charge in [0.25, 0.3) is 0 Å². The molecule has 1 aliphatic heterocycles. The van der Waals surface area contributed by atoms with Crippen molar-refractivity contribution >= 4 is 35.0 Å². The van der Waals surface area contributed by atoms with E-state index in [2.05, 4.69) is 10.4 Å². The third-order valence-corrected chi connectivity index (χ3v) is 6.54. The number of benzene rings is 1. The zero-order chi connectivity index (χ0) is 24.6. The van der Waals surface area contributed by atoms with Gasteiger partial charge in [0.15, 0.2) is 5.69 Å². The van der Waals surface area contributed by atoms with Crippen LogP contribution in [0, 0.1) is 6.92 Å². The van der Waals surface area contributed by atoms with Gasteiger partial charge in [-0.3, -0.25) is 14.3 Å². The second-order valence-electron chi connectivity index (χ2n) is 7.90. The Hall–Kier alpha value is -2.46. The fraction of sp³-hybridized carbons (Fsp3) is 0.476. The van der Waals surface area contributed by atoms with Crippen molar-refractivity contribution in [2.75, 3.05) is 20.2 Å². The third-order valence-electron chi connectivity index (χ3n) is 5.78. The van der Waals surface area contributed by atoms with Crippen molar-refractivity contribution in [3.8, 4) is 5.75 Å². The van der Waals surface area contributed by atoms with E-state index >= 15 is 0 Å². The number of carbonyl (C=O) groups is 2. The van der Waals surface area contributed by atoms with Crippen molar-refractivity contribution in [1.82, 2.24) is 20.0 Å². The maximum absolute atomic E-state index is 13.1. The Labute approximate surface area is 198 Å². The van der Waals surface area contributed by atoms with Crippen molar-refractivity contribution < 1.29 is 27.5 Å². The molecule has 0 unspecified atom stereocenters. The van der Waals surface area contributed by atoms with Crippen LogP contribution in [0.5, 0.6) is 5.75 Å². The number of carbonyl (C=O) groups excluding carboxylic acids is 2. The minimum atomic E-state index is -4.71. The highest BCUT2D eigenvalue weighted by Crippen LogP contribution is 2.38. The first-order valence-electron chi connectivity index (χ1n) is 10.1. The minimum Gasteiger partial charge on any atom is -0.495 e. The highest BCUT2D eigenvalue weighted by Gasteiger charge is 2.40. The van der Waals surface area contributed by atoms with Crippen LogP contribution >= 0.6 is 23.2 Å². The molecule has 1 aromatic heterocycles. The van der Waals surface area contributed by atoms with E-state index in [4.69, 9.17) is 27.9 Å². The van der Waals surface area contributed by atoms with Crippen LogP contribution in [0.2, 0.25) is 10.0 Å². The number of methoxy groups -OCH3 is 1. The lowest BCUT2D eigenvalue weighted by Crippen LogP contribution is -2.54. The first kappa shape index (κ1) is 25.2. The molecule has 0 atom stereocenters. The summed E-state index contributed by atoms with van der Waals surface area (Å²) in [7, 11) is 1.49. The Morgan fingerprint density at radius 2 is 1.88 bits per heavy atom. The van der Waals surface area contributed by atoms with Crippen molar-refractivity contribution in [3.63, 3.8) is 0 Å². The summed E-state index contributed by atoms with van der Waals surface area (Å²) in [5, 5.41) is 6.39. The number of halogens is 5. The summed E-state index contributed by atoms with van der Waals surface area (Å²) in [6, 6.07) is 5.23. The highest BCUT2D eigenvalue weighted by atomic mass is 35.5. The number of amides is 2. The molecule has 33 heavy (non-hydrogen) atoms. The molecule has 12 heteroatoms. The molecule has 0 saturated carbocycles. The normalized spacial score (nSPS) is 15.9. The molecule has 0 aliphatic carbocycles. The lowest BCUT2D eigenvalue weighted by Gasteiger charge is -2.42. The van der Waals surface area contributed by atoms with Gasteiger partial charge in [0.2, 0.25) is 11.8 Å². The van der Waals surface area contributed by atoms with Gasteiger partial charge in [0.1, 0.15) is 12.3 Å². The number of piperidine rings is 1. The summed E-state index contributed by atoms with van der Waals surface area (Å²) in [4.78, 5) is 26.3. The summed E-state index contributed by atoms with van der Waals surface area (Å²) in [6.07, 6.45) is -3.91. The number of hydrogen-bond acceptors (Lipinski definition) is 4. The van der Waals surface area contributed by atoms with E-state index in [1.54, 1.807) is 18.2 Å². The average Bonchev–Trinajstić information content (AvgIpc) is 3.02. The van der Waals surface area contributed by atoms with Gasteiger partial charge in [-0.15, -0.1) is 0 Å². The summed E-state index contributed by atoms with van der Waals surface area (Å²) in [5.74, 6) is -0.162. The van der Waals surface area contributed by atoms with Crippen molar-refractivity contribution in [3.05, 3.63) is 45.2 Å². The molecule has 2 amide bonds. The smallest absolute Gasteiger partial charge is 0.436 e. The van der Waals surface area contributed by atoms with E-state index in [1.165, 1.54) is 25.9 Å². The zero-order valence-electron chi connectivity index (χ0n) is 18.2. The number of nitrogens with one attached hydrogen (secondary N) is 1. The highest BCUT2D eigenvalue weighted by molar-refractivity contribution is 6.32. The minimum absolute atomic E-state index is 0.0650. The molecule has 1 saturated heterocycles. The van der Waals surface area contributed by atoms with E-state index < -0.39 is 28.3 Å². The molecule has 1 N–H and O–H groups in total. The molecule has 3 rings (SSSR count).